The molecule has 2 aromatic rings. The van der Waals surface area contributed by atoms with Crippen LogP contribution in [0.4, 0.5) is 0 Å². The Labute approximate surface area is 119 Å². The van der Waals surface area contributed by atoms with Gasteiger partial charge in [-0.15, -0.1) is 0 Å². The van der Waals surface area contributed by atoms with Crippen LogP contribution in [0.15, 0.2) is 53.4 Å². The molecule has 0 saturated carbocycles. The van der Waals surface area contributed by atoms with Crippen molar-refractivity contribution in [3.05, 3.63) is 65.2 Å². The Bertz CT molecular complexity index is 696. The Balaban J connectivity index is 2.59. The zero-order valence-corrected chi connectivity index (χ0v) is 12.2. The normalized spacial score (nSPS) is 13.2. The van der Waals surface area contributed by atoms with Gasteiger partial charge in [0.2, 0.25) is 10.0 Å². The van der Waals surface area contributed by atoms with Gasteiger partial charge in [0, 0.05) is 5.56 Å². The van der Waals surface area contributed by atoms with Crippen molar-refractivity contribution in [1.29, 1.82) is 0 Å². The highest BCUT2D eigenvalue weighted by Gasteiger charge is 2.22. The van der Waals surface area contributed by atoms with Gasteiger partial charge in [-0.1, -0.05) is 48.0 Å². The van der Waals surface area contributed by atoms with E-state index in [0.29, 0.717) is 11.1 Å². The van der Waals surface area contributed by atoms with Crippen LogP contribution in [0.1, 0.15) is 22.8 Å². The molecule has 0 saturated heterocycles. The second-order valence-electron chi connectivity index (χ2n) is 4.56. The van der Waals surface area contributed by atoms with E-state index < -0.39 is 16.1 Å². The van der Waals surface area contributed by atoms with Gasteiger partial charge in [-0.3, -0.25) is 0 Å². The van der Waals surface area contributed by atoms with Gasteiger partial charge in [0.25, 0.3) is 0 Å². The van der Waals surface area contributed by atoms with Gasteiger partial charge in [-0.25, -0.2) is 13.1 Å². The number of hydrogen-bond acceptors (Lipinski definition) is 3. The predicted octanol–water partition coefficient (Wildman–Crippen LogP) is 1.98. The number of aliphatic hydroxyl groups is 1. The van der Waals surface area contributed by atoms with E-state index in [1.807, 2.05) is 13.0 Å². The Hall–Kier alpha value is -1.69. The summed E-state index contributed by atoms with van der Waals surface area (Å²) in [5.41, 5.74) is 1.93. The van der Waals surface area contributed by atoms with E-state index in [1.54, 1.807) is 36.4 Å². The molecule has 2 N–H and O–H groups in total. The molecule has 0 aliphatic rings. The van der Waals surface area contributed by atoms with Crippen LogP contribution in [-0.2, 0) is 10.0 Å². The number of hydrogen-bond donors (Lipinski definition) is 2. The first-order valence-electron chi connectivity index (χ1n) is 6.23. The van der Waals surface area contributed by atoms with E-state index >= 15 is 0 Å². The summed E-state index contributed by atoms with van der Waals surface area (Å²) >= 11 is 0. The molecule has 0 amide bonds. The molecule has 0 heterocycles. The van der Waals surface area contributed by atoms with Gasteiger partial charge in [0.1, 0.15) is 6.10 Å². The Morgan fingerprint density at radius 2 is 1.75 bits per heavy atom. The molecule has 0 radical (unpaired) electrons. The molecule has 0 spiro atoms. The third kappa shape index (κ3) is 2.90. The van der Waals surface area contributed by atoms with Gasteiger partial charge in [0.05, 0.1) is 4.90 Å². The predicted molar refractivity (Wildman–Crippen MR) is 77.9 cm³/mol. The summed E-state index contributed by atoms with van der Waals surface area (Å²) in [6, 6.07) is 13.9. The molecule has 1 atom stereocenters. The third-order valence-electron chi connectivity index (χ3n) is 3.13. The summed E-state index contributed by atoms with van der Waals surface area (Å²) in [7, 11) is -2.25. The van der Waals surface area contributed by atoms with Crippen LogP contribution in [0.3, 0.4) is 0 Å². The van der Waals surface area contributed by atoms with Crippen molar-refractivity contribution in [3.8, 4) is 0 Å². The molecular formula is C15H17NO3S. The summed E-state index contributed by atoms with van der Waals surface area (Å²) in [5, 5.41) is 10.5. The highest BCUT2D eigenvalue weighted by Crippen LogP contribution is 2.28. The molecule has 0 aromatic heterocycles. The van der Waals surface area contributed by atoms with Crippen LogP contribution < -0.4 is 4.72 Å². The lowest BCUT2D eigenvalue weighted by Crippen LogP contribution is -2.21. The first kappa shape index (κ1) is 14.7. The average molecular weight is 291 g/mol. The standard InChI is InChI=1S/C15H17NO3S/c1-11-8-9-14(20(18,19)16-2)13(10-11)15(17)12-6-4-3-5-7-12/h3-10,15-17H,1-2H3. The summed E-state index contributed by atoms with van der Waals surface area (Å²) in [4.78, 5) is 0.0990. The number of benzene rings is 2. The van der Waals surface area contributed by atoms with Crippen molar-refractivity contribution in [1.82, 2.24) is 4.72 Å². The van der Waals surface area contributed by atoms with E-state index in [9.17, 15) is 13.5 Å². The van der Waals surface area contributed by atoms with Crippen LogP contribution in [0, 0.1) is 6.92 Å². The number of nitrogens with one attached hydrogen (secondary N) is 1. The second-order valence-corrected chi connectivity index (χ2v) is 6.42. The van der Waals surface area contributed by atoms with Crippen LogP contribution in [0.25, 0.3) is 0 Å². The Morgan fingerprint density at radius 3 is 2.35 bits per heavy atom. The van der Waals surface area contributed by atoms with Crippen LogP contribution >= 0.6 is 0 Å². The maximum atomic E-state index is 12.0. The summed E-state index contributed by atoms with van der Waals surface area (Å²) in [5.74, 6) is 0. The molecule has 2 aromatic carbocycles. The van der Waals surface area contributed by atoms with E-state index in [0.717, 1.165) is 5.56 Å². The van der Waals surface area contributed by atoms with Gasteiger partial charge >= 0.3 is 0 Å². The second kappa shape index (κ2) is 5.75. The molecule has 0 bridgehead atoms. The van der Waals surface area contributed by atoms with Crippen molar-refractivity contribution < 1.29 is 13.5 Å². The van der Waals surface area contributed by atoms with Crippen molar-refractivity contribution in [3.63, 3.8) is 0 Å². The summed E-state index contributed by atoms with van der Waals surface area (Å²) in [6.45, 7) is 1.86. The number of aryl methyl sites for hydroxylation is 1. The zero-order valence-electron chi connectivity index (χ0n) is 11.4. The van der Waals surface area contributed by atoms with Crippen molar-refractivity contribution >= 4 is 10.0 Å². The minimum atomic E-state index is -3.61. The first-order valence-corrected chi connectivity index (χ1v) is 7.71. The molecule has 1 unspecified atom stereocenters. The monoisotopic (exact) mass is 291 g/mol. The molecular weight excluding hydrogens is 274 g/mol. The minimum Gasteiger partial charge on any atom is -0.384 e. The molecule has 4 nitrogen and oxygen atoms in total. The first-order chi connectivity index (χ1) is 9.45. The van der Waals surface area contributed by atoms with Gasteiger partial charge in [-0.05, 0) is 25.6 Å². The topological polar surface area (TPSA) is 66.4 Å². The quantitative estimate of drug-likeness (QED) is 0.905. The molecule has 5 heteroatoms. The number of aliphatic hydroxyl groups excluding tert-OH is 1. The third-order valence-corrected chi connectivity index (χ3v) is 4.62. The maximum absolute atomic E-state index is 12.0. The van der Waals surface area contributed by atoms with Crippen LogP contribution in [0.2, 0.25) is 0 Å². The molecule has 0 aliphatic heterocycles. The Kier molecular flexibility index (Phi) is 4.23. The molecule has 106 valence electrons. The van der Waals surface area contributed by atoms with Crippen molar-refractivity contribution in [2.75, 3.05) is 7.05 Å². The maximum Gasteiger partial charge on any atom is 0.240 e. The van der Waals surface area contributed by atoms with Crippen molar-refractivity contribution in [2.24, 2.45) is 0 Å². The number of rotatable bonds is 4. The van der Waals surface area contributed by atoms with E-state index in [-0.39, 0.29) is 4.90 Å². The minimum absolute atomic E-state index is 0.0990. The van der Waals surface area contributed by atoms with Gasteiger partial charge in [0.15, 0.2) is 0 Å². The lowest BCUT2D eigenvalue weighted by atomic mass is 10.00. The summed E-state index contributed by atoms with van der Waals surface area (Å²) < 4.78 is 26.4. The van der Waals surface area contributed by atoms with Crippen LogP contribution in [-0.4, -0.2) is 20.6 Å². The SMILES string of the molecule is CNS(=O)(=O)c1ccc(C)cc1C(O)c1ccccc1. The average Bonchev–Trinajstić information content (AvgIpc) is 2.47. The fraction of sp³-hybridized carbons (Fsp3) is 0.200. The van der Waals surface area contributed by atoms with E-state index in [2.05, 4.69) is 4.72 Å². The van der Waals surface area contributed by atoms with Crippen LogP contribution in [0.5, 0.6) is 0 Å². The fourth-order valence-electron chi connectivity index (χ4n) is 2.05. The highest BCUT2D eigenvalue weighted by molar-refractivity contribution is 7.89. The lowest BCUT2D eigenvalue weighted by molar-refractivity contribution is 0.217. The molecule has 0 fully saturated rings. The zero-order chi connectivity index (χ0) is 14.8. The highest BCUT2D eigenvalue weighted by atomic mass is 32.2. The van der Waals surface area contributed by atoms with E-state index in [1.165, 1.54) is 13.1 Å². The lowest BCUT2D eigenvalue weighted by Gasteiger charge is -2.16. The fourth-order valence-corrected chi connectivity index (χ4v) is 3.00. The molecule has 20 heavy (non-hydrogen) atoms. The largest absolute Gasteiger partial charge is 0.384 e. The van der Waals surface area contributed by atoms with E-state index in [4.69, 9.17) is 0 Å². The Morgan fingerprint density at radius 1 is 1.10 bits per heavy atom. The summed E-state index contributed by atoms with van der Waals surface area (Å²) in [6.07, 6.45) is -0.978. The number of sulfonamides is 1. The van der Waals surface area contributed by atoms with Gasteiger partial charge in [-0.2, -0.15) is 0 Å². The van der Waals surface area contributed by atoms with Gasteiger partial charge < -0.3 is 5.11 Å². The van der Waals surface area contributed by atoms with Crippen molar-refractivity contribution in [2.45, 2.75) is 17.9 Å². The molecule has 2 rings (SSSR count). The smallest absolute Gasteiger partial charge is 0.240 e. The molecule has 0 aliphatic carbocycles.